The van der Waals surface area contributed by atoms with Crippen LogP contribution in [0.15, 0.2) is 33.6 Å². The van der Waals surface area contributed by atoms with Crippen LogP contribution in [-0.2, 0) is 9.84 Å². The minimum atomic E-state index is -3.21. The predicted molar refractivity (Wildman–Crippen MR) is 94.0 cm³/mol. The summed E-state index contributed by atoms with van der Waals surface area (Å²) in [6.45, 7) is 5.81. The standard InChI is InChI=1S/C16H25BrN2O2S/c1-2-11-19(15-7-9-18-10-8-15)12-13-22(20,21)16-5-3-14(17)4-6-16/h3-6,15,18H,2,7-13H2,1H3. The van der Waals surface area contributed by atoms with Crippen LogP contribution >= 0.6 is 15.9 Å². The molecule has 22 heavy (non-hydrogen) atoms. The van der Waals surface area contributed by atoms with Crippen molar-refractivity contribution in [2.24, 2.45) is 0 Å². The summed E-state index contributed by atoms with van der Waals surface area (Å²) in [6, 6.07) is 7.43. The van der Waals surface area contributed by atoms with Gasteiger partial charge < -0.3 is 5.32 Å². The van der Waals surface area contributed by atoms with Gasteiger partial charge in [-0.15, -0.1) is 0 Å². The molecule has 1 N–H and O–H groups in total. The van der Waals surface area contributed by atoms with Crippen LogP contribution in [0.2, 0.25) is 0 Å². The minimum Gasteiger partial charge on any atom is -0.317 e. The van der Waals surface area contributed by atoms with E-state index in [4.69, 9.17) is 0 Å². The van der Waals surface area contributed by atoms with Crippen molar-refractivity contribution in [2.45, 2.75) is 37.1 Å². The summed E-state index contributed by atoms with van der Waals surface area (Å²) in [5.74, 6) is 0.193. The van der Waals surface area contributed by atoms with Crippen molar-refractivity contribution < 1.29 is 8.42 Å². The topological polar surface area (TPSA) is 49.4 Å². The number of benzene rings is 1. The van der Waals surface area contributed by atoms with E-state index in [1.807, 2.05) is 0 Å². The van der Waals surface area contributed by atoms with Crippen molar-refractivity contribution >= 4 is 25.8 Å². The molecule has 0 unspecified atom stereocenters. The molecule has 0 aliphatic carbocycles. The molecule has 1 aromatic rings. The number of hydrogen-bond donors (Lipinski definition) is 1. The van der Waals surface area contributed by atoms with Crippen molar-refractivity contribution in [2.75, 3.05) is 31.9 Å². The van der Waals surface area contributed by atoms with E-state index in [1.54, 1.807) is 24.3 Å². The molecule has 0 bridgehead atoms. The predicted octanol–water partition coefficient (Wildman–Crippen LogP) is 2.69. The van der Waals surface area contributed by atoms with Crippen LogP contribution in [0.4, 0.5) is 0 Å². The van der Waals surface area contributed by atoms with Crippen LogP contribution in [0.25, 0.3) is 0 Å². The molecule has 1 heterocycles. The number of piperidine rings is 1. The van der Waals surface area contributed by atoms with E-state index in [-0.39, 0.29) is 5.75 Å². The van der Waals surface area contributed by atoms with Gasteiger partial charge in [0.1, 0.15) is 0 Å². The zero-order valence-corrected chi connectivity index (χ0v) is 15.5. The summed E-state index contributed by atoms with van der Waals surface area (Å²) in [4.78, 5) is 2.77. The first kappa shape index (κ1) is 17.9. The van der Waals surface area contributed by atoms with Gasteiger partial charge in [-0.2, -0.15) is 0 Å². The normalized spacial score (nSPS) is 17.0. The van der Waals surface area contributed by atoms with Gasteiger partial charge in [-0.25, -0.2) is 8.42 Å². The van der Waals surface area contributed by atoms with Gasteiger partial charge in [-0.05, 0) is 63.2 Å². The Morgan fingerprint density at radius 1 is 1.18 bits per heavy atom. The van der Waals surface area contributed by atoms with Crippen LogP contribution in [0, 0.1) is 0 Å². The van der Waals surface area contributed by atoms with Gasteiger partial charge in [-0.1, -0.05) is 22.9 Å². The second-order valence-electron chi connectivity index (χ2n) is 5.79. The van der Waals surface area contributed by atoms with Crippen molar-refractivity contribution in [1.82, 2.24) is 10.2 Å². The van der Waals surface area contributed by atoms with E-state index in [0.717, 1.165) is 43.4 Å². The maximum Gasteiger partial charge on any atom is 0.179 e. The third kappa shape index (κ3) is 5.05. The second kappa shape index (κ2) is 8.43. The molecule has 0 atom stereocenters. The van der Waals surface area contributed by atoms with Crippen molar-refractivity contribution in [3.8, 4) is 0 Å². The molecule has 1 aliphatic rings. The average molecular weight is 389 g/mol. The highest BCUT2D eigenvalue weighted by atomic mass is 79.9. The highest BCUT2D eigenvalue weighted by molar-refractivity contribution is 9.10. The Morgan fingerprint density at radius 2 is 1.82 bits per heavy atom. The summed E-state index contributed by atoms with van der Waals surface area (Å²) in [7, 11) is -3.21. The molecule has 1 aliphatic heterocycles. The van der Waals surface area contributed by atoms with Gasteiger partial charge in [0.15, 0.2) is 9.84 Å². The summed E-state index contributed by atoms with van der Waals surface area (Å²) >= 11 is 3.34. The molecular formula is C16H25BrN2O2S. The number of rotatable bonds is 7. The van der Waals surface area contributed by atoms with Crippen LogP contribution < -0.4 is 5.32 Å². The molecular weight excluding hydrogens is 364 g/mol. The van der Waals surface area contributed by atoms with Gasteiger partial charge in [0.25, 0.3) is 0 Å². The summed E-state index contributed by atoms with van der Waals surface area (Å²) in [6.07, 6.45) is 3.28. The maximum absolute atomic E-state index is 12.5. The number of sulfone groups is 1. The smallest absolute Gasteiger partial charge is 0.179 e. The van der Waals surface area contributed by atoms with Crippen LogP contribution in [0.5, 0.6) is 0 Å². The van der Waals surface area contributed by atoms with E-state index >= 15 is 0 Å². The summed E-state index contributed by atoms with van der Waals surface area (Å²) < 4.78 is 25.9. The van der Waals surface area contributed by atoms with E-state index in [1.165, 1.54) is 0 Å². The Hall–Kier alpha value is -0.430. The van der Waals surface area contributed by atoms with Gasteiger partial charge in [0, 0.05) is 17.1 Å². The lowest BCUT2D eigenvalue weighted by Gasteiger charge is -2.34. The van der Waals surface area contributed by atoms with Crippen LogP contribution in [0.3, 0.4) is 0 Å². The first-order chi connectivity index (χ1) is 10.5. The highest BCUT2D eigenvalue weighted by Crippen LogP contribution is 2.18. The van der Waals surface area contributed by atoms with Crippen molar-refractivity contribution in [1.29, 1.82) is 0 Å². The molecule has 0 aromatic heterocycles. The number of nitrogens with zero attached hydrogens (tertiary/aromatic N) is 1. The largest absolute Gasteiger partial charge is 0.317 e. The third-order valence-electron chi connectivity index (χ3n) is 4.16. The minimum absolute atomic E-state index is 0.193. The van der Waals surface area contributed by atoms with E-state index in [0.29, 0.717) is 17.5 Å². The summed E-state index contributed by atoms with van der Waals surface area (Å²) in [5.41, 5.74) is 0. The fourth-order valence-electron chi connectivity index (χ4n) is 2.93. The fraction of sp³-hybridized carbons (Fsp3) is 0.625. The number of hydrogen-bond acceptors (Lipinski definition) is 4. The SMILES string of the molecule is CCCN(CCS(=O)(=O)c1ccc(Br)cc1)C1CCNCC1. The van der Waals surface area contributed by atoms with Gasteiger partial charge in [0.05, 0.1) is 10.6 Å². The second-order valence-corrected chi connectivity index (χ2v) is 8.81. The zero-order valence-electron chi connectivity index (χ0n) is 13.1. The van der Waals surface area contributed by atoms with E-state index in [9.17, 15) is 8.42 Å². The lowest BCUT2D eigenvalue weighted by Crippen LogP contribution is -2.45. The quantitative estimate of drug-likeness (QED) is 0.779. The fourth-order valence-corrected chi connectivity index (χ4v) is 4.46. The molecule has 1 saturated heterocycles. The van der Waals surface area contributed by atoms with Crippen LogP contribution in [0.1, 0.15) is 26.2 Å². The van der Waals surface area contributed by atoms with E-state index in [2.05, 4.69) is 33.1 Å². The van der Waals surface area contributed by atoms with E-state index < -0.39 is 9.84 Å². The zero-order chi connectivity index (χ0) is 16.0. The third-order valence-corrected chi connectivity index (χ3v) is 6.39. The first-order valence-electron chi connectivity index (χ1n) is 7.96. The van der Waals surface area contributed by atoms with Crippen LogP contribution in [-0.4, -0.2) is 51.3 Å². The van der Waals surface area contributed by atoms with Crippen molar-refractivity contribution in [3.05, 3.63) is 28.7 Å². The van der Waals surface area contributed by atoms with Gasteiger partial charge in [-0.3, -0.25) is 4.90 Å². The lowest BCUT2D eigenvalue weighted by molar-refractivity contribution is 0.171. The Bertz CT molecular complexity index is 554. The molecule has 0 amide bonds. The molecule has 0 spiro atoms. The lowest BCUT2D eigenvalue weighted by atomic mass is 10.0. The van der Waals surface area contributed by atoms with Gasteiger partial charge in [0.2, 0.25) is 0 Å². The molecule has 1 aromatic carbocycles. The molecule has 6 heteroatoms. The maximum atomic E-state index is 12.5. The Kier molecular flexibility index (Phi) is 6.87. The molecule has 1 fully saturated rings. The van der Waals surface area contributed by atoms with Gasteiger partial charge >= 0.3 is 0 Å². The number of nitrogens with one attached hydrogen (secondary N) is 1. The molecule has 0 radical (unpaired) electrons. The summed E-state index contributed by atoms with van der Waals surface area (Å²) in [5, 5.41) is 3.37. The monoisotopic (exact) mass is 388 g/mol. The average Bonchev–Trinajstić information content (AvgIpc) is 2.53. The molecule has 4 nitrogen and oxygen atoms in total. The molecule has 0 saturated carbocycles. The van der Waals surface area contributed by atoms with Crippen molar-refractivity contribution in [3.63, 3.8) is 0 Å². The Balaban J connectivity index is 1.99. The molecule has 124 valence electrons. The first-order valence-corrected chi connectivity index (χ1v) is 10.4. The molecule has 2 rings (SSSR count). The highest BCUT2D eigenvalue weighted by Gasteiger charge is 2.23. The number of halogens is 1. The Morgan fingerprint density at radius 3 is 2.41 bits per heavy atom. The Labute approximate surface area is 142 Å².